The van der Waals surface area contributed by atoms with Crippen LogP contribution in [0.4, 0.5) is 0 Å². The van der Waals surface area contributed by atoms with Crippen molar-refractivity contribution in [2.75, 3.05) is 0 Å². The molecule has 0 saturated heterocycles. The summed E-state index contributed by atoms with van der Waals surface area (Å²) < 4.78 is 32.3. The molecule has 4 rings (SSSR count). The molecule has 336 valence electrons. The molecule has 0 heterocycles. The quantitative estimate of drug-likeness (QED) is 0.176. The monoisotopic (exact) mass is 911 g/mol. The fourth-order valence-electron chi connectivity index (χ4n) is 7.94. The van der Waals surface area contributed by atoms with Crippen molar-refractivity contribution in [3.05, 3.63) is 117 Å². The van der Waals surface area contributed by atoms with Gasteiger partial charge in [0.2, 0.25) is 0 Å². The van der Waals surface area contributed by atoms with Crippen LogP contribution < -0.4 is 11.3 Å². The van der Waals surface area contributed by atoms with Gasteiger partial charge in [0, 0.05) is 0 Å². The maximum atomic E-state index is 8.08. The third kappa shape index (κ3) is 11.8. The molecule has 0 spiro atoms. The van der Waals surface area contributed by atoms with Crippen molar-refractivity contribution < 1.29 is 33.3 Å². The number of hydrogen-bond acceptors (Lipinski definition) is 4. The first-order valence-corrected chi connectivity index (χ1v) is 26.6. The van der Waals surface area contributed by atoms with Gasteiger partial charge in [-0.1, -0.05) is 0 Å². The third-order valence-electron chi connectivity index (χ3n) is 11.4. The number of para-hydroxylation sites is 4. The molecule has 0 aromatic heterocycles. The average Bonchev–Trinajstić information content (AvgIpc) is 3.04. The molecule has 0 saturated carbocycles. The first kappa shape index (κ1) is 50.6. The summed E-state index contributed by atoms with van der Waals surface area (Å²) in [5.74, 6) is 3.11. The molecule has 0 radical (unpaired) electrons. The van der Waals surface area contributed by atoms with Gasteiger partial charge in [0.15, 0.2) is 0 Å². The van der Waals surface area contributed by atoms with Crippen LogP contribution in [0.25, 0.3) is 0 Å². The van der Waals surface area contributed by atoms with Crippen LogP contribution in [0.3, 0.4) is 0 Å². The summed E-state index contributed by atoms with van der Waals surface area (Å²) in [6, 6.07) is 26.3. The van der Waals surface area contributed by atoms with E-state index in [2.05, 4.69) is 239 Å². The van der Waals surface area contributed by atoms with Crippen molar-refractivity contribution in [3.8, 4) is 23.0 Å². The van der Waals surface area contributed by atoms with E-state index >= 15 is 0 Å². The zero-order valence-corrected chi connectivity index (χ0v) is 45.5. The van der Waals surface area contributed by atoms with E-state index in [1.54, 1.807) is 0 Å². The molecule has 4 aromatic carbocycles. The molecule has 0 fully saturated rings. The molecule has 61 heavy (non-hydrogen) atoms. The Morgan fingerprint density at radius 3 is 0.443 bits per heavy atom. The topological polar surface area (TPSA) is 36.9 Å². The fourth-order valence-corrected chi connectivity index (χ4v) is 13.2. The Hall–Kier alpha value is -3.04. The van der Waals surface area contributed by atoms with E-state index in [0.29, 0.717) is 0 Å². The van der Waals surface area contributed by atoms with E-state index in [-0.39, 0.29) is 43.3 Å². The molecule has 0 unspecified atom stereocenters. The Bertz CT molecular complexity index is 1720. The second kappa shape index (κ2) is 16.8. The summed E-state index contributed by atoms with van der Waals surface area (Å²) in [5.41, 5.74) is 6.38. The first-order chi connectivity index (χ1) is 27.3. The van der Waals surface area contributed by atoms with E-state index in [0.717, 1.165) is 67.5 Å². The zero-order valence-electron chi connectivity index (χ0n) is 43.1. The van der Waals surface area contributed by atoms with Crippen LogP contribution >= 0.6 is 0 Å². The normalized spacial score (nSPS) is 13.9. The summed E-state index contributed by atoms with van der Waals surface area (Å²) in [7, 11) is 0. The van der Waals surface area contributed by atoms with Gasteiger partial charge in [0.25, 0.3) is 0 Å². The van der Waals surface area contributed by atoms with Gasteiger partial charge in [0.1, 0.15) is 0 Å². The Morgan fingerprint density at radius 2 is 0.344 bits per heavy atom. The molecular weight excluding hydrogens is 828 g/mol. The van der Waals surface area contributed by atoms with E-state index < -0.39 is 22.0 Å². The predicted octanol–water partition coefficient (Wildman–Crippen LogP) is 16.5. The van der Waals surface area contributed by atoms with Crippen molar-refractivity contribution in [2.24, 2.45) is 0 Å². The molecule has 0 aliphatic carbocycles. The first-order valence-electron chi connectivity index (χ1n) is 22.6. The Balaban J connectivity index is 2.43. The minimum atomic E-state index is -5.88. The molecule has 0 atom stereocenters. The van der Waals surface area contributed by atoms with Gasteiger partial charge in [-0.3, -0.25) is 0 Å². The molecule has 5 heteroatoms. The van der Waals surface area contributed by atoms with Crippen molar-refractivity contribution in [1.82, 2.24) is 0 Å². The van der Waals surface area contributed by atoms with Gasteiger partial charge in [-0.25, -0.2) is 0 Å². The Labute approximate surface area is 380 Å². The number of benzene rings is 4. The number of hydrogen-bond donors (Lipinski definition) is 0. The molecule has 4 nitrogen and oxygen atoms in total. The van der Waals surface area contributed by atoms with Gasteiger partial charge >= 0.3 is 383 Å². The predicted molar refractivity (Wildman–Crippen MR) is 258 cm³/mol. The van der Waals surface area contributed by atoms with Crippen molar-refractivity contribution in [3.63, 3.8) is 0 Å². The average molecular weight is 913 g/mol. The second-order valence-electron chi connectivity index (χ2n) is 25.6. The summed E-state index contributed by atoms with van der Waals surface area (Å²) >= 11 is -5.88. The minimum absolute atomic E-state index is 0.284. The summed E-state index contributed by atoms with van der Waals surface area (Å²) in [6.45, 7) is 54.2. The fraction of sp³-hybridized carbons (Fsp3) is 0.571. The summed E-state index contributed by atoms with van der Waals surface area (Å²) in [4.78, 5) is 0. The van der Waals surface area contributed by atoms with Crippen molar-refractivity contribution >= 4 is 0 Å². The third-order valence-corrected chi connectivity index (χ3v) is 15.9. The standard InChI is InChI=1S/4C14H22O.Zr/c4*1-13(2,3)10-8-7-9-11(12(10)15)14(4,5)6;/h4*7-9,15H,1-6H3;/q;;;;+4/p-4. The molecule has 0 amide bonds. The van der Waals surface area contributed by atoms with Crippen molar-refractivity contribution in [1.29, 1.82) is 0 Å². The maximum absolute atomic E-state index is 8.08. The van der Waals surface area contributed by atoms with Crippen LogP contribution in [0.5, 0.6) is 23.0 Å². The summed E-state index contributed by atoms with van der Waals surface area (Å²) in [6.07, 6.45) is 0. The van der Waals surface area contributed by atoms with E-state index in [1.807, 2.05) is 0 Å². The van der Waals surface area contributed by atoms with Crippen LogP contribution in [0.2, 0.25) is 0 Å². The van der Waals surface area contributed by atoms with Crippen LogP contribution in [-0.2, 0) is 65.3 Å². The van der Waals surface area contributed by atoms with Gasteiger partial charge < -0.3 is 0 Å². The van der Waals surface area contributed by atoms with Gasteiger partial charge in [-0.15, -0.1) is 0 Å². The Kier molecular flexibility index (Phi) is 14.0. The molecule has 0 aliphatic heterocycles. The van der Waals surface area contributed by atoms with Gasteiger partial charge in [0.05, 0.1) is 0 Å². The zero-order chi connectivity index (χ0) is 46.7. The molecule has 0 bridgehead atoms. The SMILES string of the molecule is CC(C)(C)c1cccc(C(C)(C)C)c1[O][Zr]([O]c1c(C(C)(C)C)cccc1C(C)(C)C)([O]c1c(C(C)(C)C)cccc1C(C)(C)C)[O]c1c(C(C)(C)C)cccc1C(C)(C)C. The molecule has 0 N–H and O–H groups in total. The van der Waals surface area contributed by atoms with E-state index in [9.17, 15) is 0 Å². The van der Waals surface area contributed by atoms with Crippen LogP contribution in [-0.4, -0.2) is 0 Å². The Morgan fingerprint density at radius 1 is 0.230 bits per heavy atom. The van der Waals surface area contributed by atoms with Gasteiger partial charge in [-0.2, -0.15) is 0 Å². The summed E-state index contributed by atoms with van der Waals surface area (Å²) in [5, 5.41) is 0. The van der Waals surface area contributed by atoms with Crippen LogP contribution in [0.1, 0.15) is 211 Å². The van der Waals surface area contributed by atoms with Crippen molar-refractivity contribution in [2.45, 2.75) is 209 Å². The molecule has 0 aliphatic rings. The van der Waals surface area contributed by atoms with Crippen LogP contribution in [0, 0.1) is 0 Å². The van der Waals surface area contributed by atoms with Gasteiger partial charge in [-0.05, 0) is 0 Å². The number of rotatable bonds is 8. The van der Waals surface area contributed by atoms with E-state index in [4.69, 9.17) is 11.3 Å². The van der Waals surface area contributed by atoms with Crippen LogP contribution in [0.15, 0.2) is 72.8 Å². The second-order valence-corrected chi connectivity index (χ2v) is 30.1. The molecule has 4 aromatic rings. The molecular formula is C56H84O4Zr. The van der Waals surface area contributed by atoms with E-state index in [1.165, 1.54) is 0 Å².